The van der Waals surface area contributed by atoms with Crippen molar-refractivity contribution in [3.05, 3.63) is 53.3 Å². The molecule has 8 heteroatoms. The summed E-state index contributed by atoms with van der Waals surface area (Å²) in [6.45, 7) is 9.45. The third-order valence-electron chi connectivity index (χ3n) is 5.65. The van der Waals surface area contributed by atoms with Crippen molar-refractivity contribution >= 4 is 12.2 Å². The van der Waals surface area contributed by atoms with Gasteiger partial charge in [0.2, 0.25) is 0 Å². The third-order valence-corrected chi connectivity index (χ3v) is 5.65. The number of likely N-dealkylation sites (tertiary alicyclic amines) is 1. The number of hydrogen-bond acceptors (Lipinski definition) is 5. The lowest BCUT2D eigenvalue weighted by Gasteiger charge is -2.40. The molecule has 0 spiro atoms. The Morgan fingerprint density at radius 2 is 1.84 bits per heavy atom. The fraction of sp³-hybridized carbons (Fsp3) is 0.522. The highest BCUT2D eigenvalue weighted by atomic mass is 16.6. The molecule has 1 fully saturated rings. The zero-order chi connectivity index (χ0) is 22.2. The number of amides is 2. The van der Waals surface area contributed by atoms with Crippen molar-refractivity contribution in [1.82, 2.24) is 19.6 Å². The molecule has 0 bridgehead atoms. The number of ether oxygens (including phenoxy) is 2. The Morgan fingerprint density at radius 3 is 2.52 bits per heavy atom. The summed E-state index contributed by atoms with van der Waals surface area (Å²) in [5.41, 5.74) is 2.60. The van der Waals surface area contributed by atoms with Crippen LogP contribution in [0, 0.1) is 0 Å². The van der Waals surface area contributed by atoms with E-state index in [-0.39, 0.29) is 30.9 Å². The van der Waals surface area contributed by atoms with Crippen LogP contribution in [-0.4, -0.2) is 56.5 Å². The number of fused-ring (bicyclic) bond motifs is 1. The summed E-state index contributed by atoms with van der Waals surface area (Å²) < 4.78 is 12.9. The first-order chi connectivity index (χ1) is 14.7. The Morgan fingerprint density at radius 1 is 1.13 bits per heavy atom. The number of benzene rings is 1. The minimum absolute atomic E-state index is 0.0471. The average molecular weight is 427 g/mol. The predicted octanol–water partition coefficient (Wildman–Crippen LogP) is 3.76. The molecule has 2 aromatic rings. The number of carbonyl (C=O) groups excluding carboxylic acids is 2. The Labute approximate surface area is 182 Å². The summed E-state index contributed by atoms with van der Waals surface area (Å²) in [7, 11) is 0. The van der Waals surface area contributed by atoms with Crippen molar-refractivity contribution in [2.75, 3.05) is 13.1 Å². The van der Waals surface area contributed by atoms with Crippen molar-refractivity contribution in [3.63, 3.8) is 0 Å². The molecule has 2 amide bonds. The van der Waals surface area contributed by atoms with Gasteiger partial charge in [0.25, 0.3) is 0 Å². The molecule has 1 aromatic heterocycles. The molecule has 2 aliphatic rings. The standard InChI is InChI=1S/C23H30N4O4/c1-16-10-18-11-24-27(20(18)14-26(16)22(29)31-23(2,3)4)19-12-25(13-19)21(28)30-15-17-8-6-5-7-9-17/h5-9,11,16,19H,10,12-15H2,1-4H3/t16-/m0/s1. The second-order valence-electron chi connectivity index (χ2n) is 9.32. The summed E-state index contributed by atoms with van der Waals surface area (Å²) >= 11 is 0. The molecular weight excluding hydrogens is 396 g/mol. The lowest BCUT2D eigenvalue weighted by Crippen LogP contribution is -2.52. The van der Waals surface area contributed by atoms with Gasteiger partial charge in [-0.25, -0.2) is 9.59 Å². The fourth-order valence-corrected chi connectivity index (χ4v) is 3.96. The van der Waals surface area contributed by atoms with E-state index >= 15 is 0 Å². The van der Waals surface area contributed by atoms with E-state index in [1.807, 2.05) is 68.9 Å². The molecule has 1 saturated heterocycles. The highest BCUT2D eigenvalue weighted by Crippen LogP contribution is 2.30. The van der Waals surface area contributed by atoms with Crippen LogP contribution in [0.4, 0.5) is 9.59 Å². The first-order valence-corrected chi connectivity index (χ1v) is 10.7. The predicted molar refractivity (Wildman–Crippen MR) is 114 cm³/mol. The van der Waals surface area contributed by atoms with E-state index in [0.717, 1.165) is 23.2 Å². The third kappa shape index (κ3) is 4.68. The summed E-state index contributed by atoms with van der Waals surface area (Å²) in [4.78, 5) is 28.4. The van der Waals surface area contributed by atoms with Gasteiger partial charge in [-0.3, -0.25) is 9.58 Å². The second-order valence-corrected chi connectivity index (χ2v) is 9.32. The Hall–Kier alpha value is -3.03. The van der Waals surface area contributed by atoms with E-state index < -0.39 is 5.60 Å². The first-order valence-electron chi connectivity index (χ1n) is 10.7. The minimum atomic E-state index is -0.536. The van der Waals surface area contributed by atoms with Crippen LogP contribution in [0.3, 0.4) is 0 Å². The number of rotatable bonds is 3. The zero-order valence-electron chi connectivity index (χ0n) is 18.6. The molecule has 0 radical (unpaired) electrons. The molecule has 1 atom stereocenters. The molecule has 0 unspecified atom stereocenters. The topological polar surface area (TPSA) is 76.9 Å². The van der Waals surface area contributed by atoms with E-state index in [2.05, 4.69) is 5.10 Å². The normalized spacial score (nSPS) is 18.9. The molecule has 8 nitrogen and oxygen atoms in total. The molecule has 0 aliphatic carbocycles. The fourth-order valence-electron chi connectivity index (χ4n) is 3.96. The minimum Gasteiger partial charge on any atom is -0.445 e. The Bertz CT molecular complexity index is 944. The summed E-state index contributed by atoms with van der Waals surface area (Å²) in [5.74, 6) is 0. The van der Waals surface area contributed by atoms with E-state index in [4.69, 9.17) is 9.47 Å². The van der Waals surface area contributed by atoms with Crippen LogP contribution in [0.1, 0.15) is 50.6 Å². The van der Waals surface area contributed by atoms with Crippen molar-refractivity contribution in [2.24, 2.45) is 0 Å². The highest BCUT2D eigenvalue weighted by molar-refractivity contribution is 5.69. The van der Waals surface area contributed by atoms with Crippen LogP contribution in [0.25, 0.3) is 0 Å². The molecule has 1 aromatic carbocycles. The smallest absolute Gasteiger partial charge is 0.410 e. The van der Waals surface area contributed by atoms with Gasteiger partial charge in [0, 0.05) is 19.1 Å². The maximum Gasteiger partial charge on any atom is 0.410 e. The summed E-state index contributed by atoms with van der Waals surface area (Å²) in [6, 6.07) is 9.77. The Kier molecular flexibility index (Phi) is 5.64. The summed E-state index contributed by atoms with van der Waals surface area (Å²) in [5, 5.41) is 4.57. The van der Waals surface area contributed by atoms with E-state index in [1.165, 1.54) is 0 Å². The molecule has 2 aliphatic heterocycles. The lowest BCUT2D eigenvalue weighted by atomic mass is 10.0. The van der Waals surface area contributed by atoms with Gasteiger partial charge >= 0.3 is 12.2 Å². The van der Waals surface area contributed by atoms with E-state index in [0.29, 0.717) is 19.6 Å². The first kappa shape index (κ1) is 21.2. The maximum atomic E-state index is 12.7. The van der Waals surface area contributed by atoms with Gasteiger partial charge < -0.3 is 14.4 Å². The van der Waals surface area contributed by atoms with Gasteiger partial charge in [0.05, 0.1) is 24.5 Å². The molecule has 166 valence electrons. The van der Waals surface area contributed by atoms with Gasteiger partial charge in [-0.15, -0.1) is 0 Å². The number of carbonyl (C=O) groups is 2. The molecular formula is C23H30N4O4. The van der Waals surface area contributed by atoms with Crippen molar-refractivity contribution in [1.29, 1.82) is 0 Å². The number of hydrogen-bond donors (Lipinski definition) is 0. The molecule has 3 heterocycles. The van der Waals surface area contributed by atoms with E-state index in [1.54, 1.807) is 9.80 Å². The average Bonchev–Trinajstić information content (AvgIpc) is 3.06. The van der Waals surface area contributed by atoms with Gasteiger partial charge in [-0.05, 0) is 45.2 Å². The van der Waals surface area contributed by atoms with E-state index in [9.17, 15) is 9.59 Å². The lowest BCUT2D eigenvalue weighted by molar-refractivity contribution is 0.0122. The number of aromatic nitrogens is 2. The highest BCUT2D eigenvalue weighted by Gasteiger charge is 2.38. The van der Waals surface area contributed by atoms with Gasteiger partial charge in [-0.2, -0.15) is 5.10 Å². The molecule has 0 saturated carbocycles. The van der Waals surface area contributed by atoms with Crippen molar-refractivity contribution in [3.8, 4) is 0 Å². The van der Waals surface area contributed by atoms with Gasteiger partial charge in [0.1, 0.15) is 12.2 Å². The van der Waals surface area contributed by atoms with Crippen molar-refractivity contribution < 1.29 is 19.1 Å². The monoisotopic (exact) mass is 426 g/mol. The maximum absolute atomic E-state index is 12.7. The van der Waals surface area contributed by atoms with Crippen LogP contribution in [0.2, 0.25) is 0 Å². The number of nitrogens with zero attached hydrogens (tertiary/aromatic N) is 4. The van der Waals surface area contributed by atoms with Crippen molar-refractivity contribution in [2.45, 2.75) is 65.0 Å². The van der Waals surface area contributed by atoms with Crippen LogP contribution >= 0.6 is 0 Å². The van der Waals surface area contributed by atoms with Gasteiger partial charge in [0.15, 0.2) is 0 Å². The van der Waals surface area contributed by atoms with Crippen LogP contribution in [-0.2, 0) is 29.0 Å². The largest absolute Gasteiger partial charge is 0.445 e. The molecule has 0 N–H and O–H groups in total. The molecule has 31 heavy (non-hydrogen) atoms. The summed E-state index contributed by atoms with van der Waals surface area (Å²) in [6.07, 6.45) is 2.00. The second kappa shape index (κ2) is 8.24. The zero-order valence-corrected chi connectivity index (χ0v) is 18.6. The van der Waals surface area contributed by atoms with Gasteiger partial charge in [-0.1, -0.05) is 30.3 Å². The Balaban J connectivity index is 1.36. The van der Waals surface area contributed by atoms with Crippen LogP contribution in [0.15, 0.2) is 36.5 Å². The van der Waals surface area contributed by atoms with Crippen LogP contribution in [0.5, 0.6) is 0 Å². The molecule has 4 rings (SSSR count). The SMILES string of the molecule is C[C@H]1Cc2cnn(C3CN(C(=O)OCc4ccccc4)C3)c2CN1C(=O)OC(C)(C)C. The quantitative estimate of drug-likeness (QED) is 0.747. The van der Waals surface area contributed by atoms with Crippen LogP contribution < -0.4 is 0 Å².